The molecular formula is C11H12N2O. The van der Waals surface area contributed by atoms with Crippen molar-refractivity contribution in [2.75, 3.05) is 12.8 Å². The van der Waals surface area contributed by atoms with Gasteiger partial charge in [0.25, 0.3) is 0 Å². The quantitative estimate of drug-likeness (QED) is 0.745. The van der Waals surface area contributed by atoms with Gasteiger partial charge < -0.3 is 10.5 Å². The minimum absolute atomic E-state index is 0.742. The van der Waals surface area contributed by atoms with Crippen LogP contribution < -0.4 is 10.5 Å². The minimum Gasteiger partial charge on any atom is -0.494 e. The second kappa shape index (κ2) is 3.18. The molecule has 2 N–H and O–H groups in total. The normalized spacial score (nSPS) is 10.4. The van der Waals surface area contributed by atoms with Crippen molar-refractivity contribution in [3.8, 4) is 5.75 Å². The summed E-state index contributed by atoms with van der Waals surface area (Å²) in [6, 6.07) is 7.60. The number of para-hydroxylation sites is 1. The van der Waals surface area contributed by atoms with Crippen LogP contribution in [-0.4, -0.2) is 12.1 Å². The third-order valence-corrected chi connectivity index (χ3v) is 2.18. The molecule has 0 atom stereocenters. The average molecular weight is 188 g/mol. The van der Waals surface area contributed by atoms with Crippen molar-refractivity contribution >= 4 is 16.6 Å². The van der Waals surface area contributed by atoms with Crippen molar-refractivity contribution in [3.63, 3.8) is 0 Å². The summed E-state index contributed by atoms with van der Waals surface area (Å²) in [7, 11) is 1.63. The van der Waals surface area contributed by atoms with Crippen LogP contribution in [-0.2, 0) is 0 Å². The second-order valence-electron chi connectivity index (χ2n) is 3.21. The van der Waals surface area contributed by atoms with Crippen LogP contribution in [0.2, 0.25) is 0 Å². The Hall–Kier alpha value is -1.77. The number of anilines is 1. The molecule has 2 rings (SSSR count). The first-order valence-electron chi connectivity index (χ1n) is 4.42. The molecule has 0 amide bonds. The first-order chi connectivity index (χ1) is 6.72. The molecule has 1 aromatic heterocycles. The zero-order chi connectivity index (χ0) is 10.1. The highest BCUT2D eigenvalue weighted by atomic mass is 16.5. The zero-order valence-corrected chi connectivity index (χ0v) is 8.24. The van der Waals surface area contributed by atoms with Crippen LogP contribution in [0.15, 0.2) is 24.3 Å². The standard InChI is InChI=1S/C11H12N2O/c1-7-6-9(12)8-4-3-5-10(14-2)11(8)13-7/h3-6H,1-2H3,(H2,12,13). The Bertz CT molecular complexity index is 480. The molecule has 2 aromatic rings. The number of hydrogen-bond acceptors (Lipinski definition) is 3. The van der Waals surface area contributed by atoms with Gasteiger partial charge in [0.1, 0.15) is 11.3 Å². The van der Waals surface area contributed by atoms with Gasteiger partial charge in [-0.3, -0.25) is 0 Å². The van der Waals surface area contributed by atoms with Gasteiger partial charge >= 0.3 is 0 Å². The Kier molecular flexibility index (Phi) is 2.00. The van der Waals surface area contributed by atoms with Gasteiger partial charge in [0.2, 0.25) is 0 Å². The second-order valence-corrected chi connectivity index (χ2v) is 3.21. The lowest BCUT2D eigenvalue weighted by atomic mass is 10.1. The molecule has 0 spiro atoms. The van der Waals surface area contributed by atoms with Crippen LogP contribution in [0.3, 0.4) is 0 Å². The number of methoxy groups -OCH3 is 1. The third kappa shape index (κ3) is 1.27. The maximum absolute atomic E-state index is 5.89. The molecule has 72 valence electrons. The fourth-order valence-electron chi connectivity index (χ4n) is 1.55. The van der Waals surface area contributed by atoms with Gasteiger partial charge in [-0.1, -0.05) is 12.1 Å². The van der Waals surface area contributed by atoms with Gasteiger partial charge in [0, 0.05) is 16.8 Å². The summed E-state index contributed by atoms with van der Waals surface area (Å²) in [5, 5.41) is 0.940. The maximum atomic E-state index is 5.89. The monoisotopic (exact) mass is 188 g/mol. The van der Waals surface area contributed by atoms with Crippen LogP contribution in [0.5, 0.6) is 5.75 Å². The van der Waals surface area contributed by atoms with E-state index < -0.39 is 0 Å². The topological polar surface area (TPSA) is 48.1 Å². The lowest BCUT2D eigenvalue weighted by molar-refractivity contribution is 0.419. The minimum atomic E-state index is 0.742. The number of nitrogens with two attached hydrogens (primary N) is 1. The predicted molar refractivity (Wildman–Crippen MR) is 57.4 cm³/mol. The molecular weight excluding hydrogens is 176 g/mol. The molecule has 0 aliphatic carbocycles. The molecule has 0 aliphatic rings. The Labute approximate surface area is 82.5 Å². The molecule has 14 heavy (non-hydrogen) atoms. The third-order valence-electron chi connectivity index (χ3n) is 2.18. The number of aromatic nitrogens is 1. The lowest BCUT2D eigenvalue weighted by Gasteiger charge is -2.07. The van der Waals surface area contributed by atoms with Crippen molar-refractivity contribution in [2.24, 2.45) is 0 Å². The summed E-state index contributed by atoms with van der Waals surface area (Å²) in [5.74, 6) is 0.762. The van der Waals surface area contributed by atoms with E-state index in [-0.39, 0.29) is 0 Å². The highest BCUT2D eigenvalue weighted by Crippen LogP contribution is 2.27. The summed E-state index contributed by atoms with van der Waals surface area (Å²) >= 11 is 0. The SMILES string of the molecule is COc1cccc2c(N)cc(C)nc12. The number of ether oxygens (including phenoxy) is 1. The largest absolute Gasteiger partial charge is 0.494 e. The number of nitrogens with zero attached hydrogens (tertiary/aromatic N) is 1. The lowest BCUT2D eigenvalue weighted by Crippen LogP contribution is -1.94. The number of benzene rings is 1. The van der Waals surface area contributed by atoms with Crippen LogP contribution in [0, 0.1) is 6.92 Å². The first-order valence-corrected chi connectivity index (χ1v) is 4.42. The highest BCUT2D eigenvalue weighted by Gasteiger charge is 2.05. The van der Waals surface area contributed by atoms with Crippen molar-refractivity contribution in [1.82, 2.24) is 4.98 Å². The van der Waals surface area contributed by atoms with Crippen LogP contribution in [0.1, 0.15) is 5.69 Å². The van der Waals surface area contributed by atoms with Gasteiger partial charge in [-0.25, -0.2) is 4.98 Å². The zero-order valence-electron chi connectivity index (χ0n) is 8.24. The number of aryl methyl sites for hydroxylation is 1. The summed E-state index contributed by atoms with van der Waals surface area (Å²) in [5.41, 5.74) is 8.36. The van der Waals surface area contributed by atoms with Crippen molar-refractivity contribution in [3.05, 3.63) is 30.0 Å². The average Bonchev–Trinajstić information content (AvgIpc) is 2.17. The van der Waals surface area contributed by atoms with E-state index in [1.807, 2.05) is 31.2 Å². The van der Waals surface area contributed by atoms with E-state index in [0.29, 0.717) is 0 Å². The van der Waals surface area contributed by atoms with Crippen molar-refractivity contribution in [2.45, 2.75) is 6.92 Å². The Morgan fingerprint density at radius 2 is 2.14 bits per heavy atom. The van der Waals surface area contributed by atoms with E-state index in [1.165, 1.54) is 0 Å². The van der Waals surface area contributed by atoms with Crippen molar-refractivity contribution < 1.29 is 4.74 Å². The smallest absolute Gasteiger partial charge is 0.145 e. The van der Waals surface area contributed by atoms with Gasteiger partial charge in [-0.05, 0) is 19.1 Å². The number of fused-ring (bicyclic) bond motifs is 1. The fourth-order valence-corrected chi connectivity index (χ4v) is 1.55. The number of rotatable bonds is 1. The Morgan fingerprint density at radius 3 is 2.86 bits per heavy atom. The molecule has 0 aliphatic heterocycles. The van der Waals surface area contributed by atoms with E-state index in [9.17, 15) is 0 Å². The van der Waals surface area contributed by atoms with Crippen molar-refractivity contribution in [1.29, 1.82) is 0 Å². The van der Waals surface area contributed by atoms with Gasteiger partial charge in [-0.2, -0.15) is 0 Å². The number of nitrogen functional groups attached to an aromatic ring is 1. The van der Waals surface area contributed by atoms with Gasteiger partial charge in [-0.15, -0.1) is 0 Å². The summed E-state index contributed by atoms with van der Waals surface area (Å²) in [4.78, 5) is 4.40. The van der Waals surface area contributed by atoms with Crippen LogP contribution in [0.4, 0.5) is 5.69 Å². The van der Waals surface area contributed by atoms with Gasteiger partial charge in [0.05, 0.1) is 7.11 Å². The van der Waals surface area contributed by atoms with Crippen LogP contribution in [0.25, 0.3) is 10.9 Å². The fraction of sp³-hybridized carbons (Fsp3) is 0.182. The maximum Gasteiger partial charge on any atom is 0.145 e. The molecule has 0 saturated carbocycles. The predicted octanol–water partition coefficient (Wildman–Crippen LogP) is 2.13. The number of pyridine rings is 1. The van der Waals surface area contributed by atoms with E-state index in [1.54, 1.807) is 7.11 Å². The molecule has 0 saturated heterocycles. The molecule has 0 radical (unpaired) electrons. The molecule has 3 nitrogen and oxygen atoms in total. The number of hydrogen-bond donors (Lipinski definition) is 1. The van der Waals surface area contributed by atoms with Gasteiger partial charge in [0.15, 0.2) is 0 Å². The first kappa shape index (κ1) is 8.81. The summed E-state index contributed by atoms with van der Waals surface area (Å²) in [6.07, 6.45) is 0. The van der Waals surface area contributed by atoms with Crippen LogP contribution >= 0.6 is 0 Å². The van der Waals surface area contributed by atoms with E-state index in [2.05, 4.69) is 4.98 Å². The van der Waals surface area contributed by atoms with E-state index >= 15 is 0 Å². The summed E-state index contributed by atoms with van der Waals surface area (Å²) in [6.45, 7) is 1.92. The molecule has 1 aromatic carbocycles. The van der Waals surface area contributed by atoms with E-state index in [0.717, 1.165) is 28.0 Å². The molecule has 0 unspecified atom stereocenters. The highest BCUT2D eigenvalue weighted by molar-refractivity contribution is 5.94. The molecule has 3 heteroatoms. The Morgan fingerprint density at radius 1 is 1.36 bits per heavy atom. The summed E-state index contributed by atoms with van der Waals surface area (Å²) < 4.78 is 5.22. The molecule has 1 heterocycles. The Balaban J connectivity index is 2.86. The van der Waals surface area contributed by atoms with E-state index in [4.69, 9.17) is 10.5 Å². The molecule has 0 fully saturated rings. The molecule has 0 bridgehead atoms.